The van der Waals surface area contributed by atoms with Crippen LogP contribution in [0.15, 0.2) is 42.1 Å². The lowest BCUT2D eigenvalue weighted by atomic mass is 9.90. The summed E-state index contributed by atoms with van der Waals surface area (Å²) in [6, 6.07) is 3.42. The zero-order valence-corrected chi connectivity index (χ0v) is 11.7. The first kappa shape index (κ1) is 13.5. The fraction of sp³-hybridized carbons (Fsp3) is 0.375. The number of pyridine rings is 1. The number of aromatic nitrogens is 3. The average molecular weight is 305 g/mol. The summed E-state index contributed by atoms with van der Waals surface area (Å²) in [6.45, 7) is 0. The van der Waals surface area contributed by atoms with Crippen molar-refractivity contribution in [1.29, 1.82) is 0 Å². The topological polar surface area (TPSA) is 30.2 Å². The summed E-state index contributed by atoms with van der Waals surface area (Å²) in [6.07, 6.45) is 6.76. The van der Waals surface area contributed by atoms with Crippen LogP contribution in [0.5, 0.6) is 0 Å². The second-order valence-electron chi connectivity index (χ2n) is 5.89. The van der Waals surface area contributed by atoms with Crippen molar-refractivity contribution in [1.82, 2.24) is 14.6 Å². The van der Waals surface area contributed by atoms with E-state index < -0.39 is 12.0 Å². The van der Waals surface area contributed by atoms with Crippen LogP contribution in [-0.4, -0.2) is 14.6 Å². The van der Waals surface area contributed by atoms with E-state index in [0.29, 0.717) is 5.92 Å². The lowest BCUT2D eigenvalue weighted by Crippen LogP contribution is -2.11. The number of rotatable bonds is 2. The largest absolute Gasteiger partial charge is 0.452 e. The fourth-order valence-electron chi connectivity index (χ4n) is 2.92. The normalized spacial score (nSPS) is 22.1. The minimum Gasteiger partial charge on any atom is -0.278 e. The number of alkyl halides is 3. The molecule has 114 valence electrons. The smallest absolute Gasteiger partial charge is 0.278 e. The molecule has 4 rings (SSSR count). The number of allylic oxidation sites excluding steroid dienone is 4. The first-order valence-corrected chi connectivity index (χ1v) is 7.32. The van der Waals surface area contributed by atoms with Crippen LogP contribution in [-0.2, 0) is 6.18 Å². The van der Waals surface area contributed by atoms with E-state index in [1.807, 2.05) is 6.07 Å². The molecule has 1 unspecified atom stereocenters. The summed E-state index contributed by atoms with van der Waals surface area (Å²) in [7, 11) is 0. The predicted molar refractivity (Wildman–Crippen MR) is 75.3 cm³/mol. The quantitative estimate of drug-likeness (QED) is 0.835. The van der Waals surface area contributed by atoms with Gasteiger partial charge in [-0.05, 0) is 42.4 Å². The van der Waals surface area contributed by atoms with Crippen LogP contribution in [0.1, 0.15) is 36.6 Å². The van der Waals surface area contributed by atoms with E-state index in [4.69, 9.17) is 0 Å². The molecule has 2 aliphatic rings. The molecule has 0 saturated heterocycles. The molecule has 0 spiro atoms. The second kappa shape index (κ2) is 4.69. The van der Waals surface area contributed by atoms with E-state index in [-0.39, 0.29) is 11.6 Å². The molecule has 2 aromatic heterocycles. The first-order chi connectivity index (χ1) is 10.5. The van der Waals surface area contributed by atoms with Crippen molar-refractivity contribution in [3.05, 3.63) is 53.5 Å². The summed E-state index contributed by atoms with van der Waals surface area (Å²) < 4.78 is 39.8. The molecule has 0 N–H and O–H groups in total. The molecule has 0 amide bonds. The Morgan fingerprint density at radius 2 is 1.95 bits per heavy atom. The van der Waals surface area contributed by atoms with Gasteiger partial charge in [-0.3, -0.25) is 4.40 Å². The van der Waals surface area contributed by atoms with E-state index in [2.05, 4.69) is 28.4 Å². The Kier molecular flexibility index (Phi) is 2.89. The lowest BCUT2D eigenvalue weighted by Gasteiger charge is -2.17. The zero-order valence-electron chi connectivity index (χ0n) is 11.7. The Morgan fingerprint density at radius 3 is 2.59 bits per heavy atom. The van der Waals surface area contributed by atoms with Crippen LogP contribution in [0.3, 0.4) is 0 Å². The van der Waals surface area contributed by atoms with E-state index in [1.165, 1.54) is 24.6 Å². The highest BCUT2D eigenvalue weighted by molar-refractivity contribution is 5.43. The van der Waals surface area contributed by atoms with Gasteiger partial charge >= 0.3 is 6.18 Å². The van der Waals surface area contributed by atoms with Crippen molar-refractivity contribution in [3.63, 3.8) is 0 Å². The van der Waals surface area contributed by atoms with Gasteiger partial charge in [-0.2, -0.15) is 13.2 Å². The molecule has 6 heteroatoms. The third kappa shape index (κ3) is 2.32. The maximum atomic E-state index is 12.9. The summed E-state index contributed by atoms with van der Waals surface area (Å²) in [5.41, 5.74) is 2.43. The van der Waals surface area contributed by atoms with Crippen LogP contribution >= 0.6 is 0 Å². The van der Waals surface area contributed by atoms with Gasteiger partial charge in [-0.25, -0.2) is 0 Å². The molecular weight excluding hydrogens is 291 g/mol. The summed E-state index contributed by atoms with van der Waals surface area (Å²) in [5.74, 6) is -0.164. The molecule has 2 aliphatic carbocycles. The van der Waals surface area contributed by atoms with Gasteiger partial charge in [0, 0.05) is 12.1 Å². The third-order valence-corrected chi connectivity index (χ3v) is 4.28. The SMILES string of the molecule is FC(F)(F)c1nnc2ccc(C3C=CC(C4CC4)=CC3)cn12. The van der Waals surface area contributed by atoms with Crippen molar-refractivity contribution >= 4 is 5.65 Å². The van der Waals surface area contributed by atoms with Crippen LogP contribution in [0.4, 0.5) is 13.2 Å². The van der Waals surface area contributed by atoms with Gasteiger partial charge in [0.1, 0.15) is 0 Å². The molecule has 0 aromatic carbocycles. The van der Waals surface area contributed by atoms with E-state index >= 15 is 0 Å². The van der Waals surface area contributed by atoms with E-state index in [9.17, 15) is 13.2 Å². The van der Waals surface area contributed by atoms with E-state index in [0.717, 1.165) is 16.4 Å². The summed E-state index contributed by atoms with van der Waals surface area (Å²) in [5, 5.41) is 6.83. The molecule has 1 saturated carbocycles. The van der Waals surface area contributed by atoms with Gasteiger partial charge < -0.3 is 0 Å². The van der Waals surface area contributed by atoms with Crippen molar-refractivity contribution in [2.45, 2.75) is 31.4 Å². The number of fused-ring (bicyclic) bond motifs is 1. The fourth-order valence-corrected chi connectivity index (χ4v) is 2.92. The second-order valence-corrected chi connectivity index (χ2v) is 5.89. The minimum absolute atomic E-state index is 0.107. The monoisotopic (exact) mass is 305 g/mol. The van der Waals surface area contributed by atoms with Gasteiger partial charge in [0.2, 0.25) is 5.82 Å². The molecule has 3 nitrogen and oxygen atoms in total. The first-order valence-electron chi connectivity index (χ1n) is 7.32. The lowest BCUT2D eigenvalue weighted by molar-refractivity contribution is -0.145. The zero-order chi connectivity index (χ0) is 15.3. The standard InChI is InChI=1S/C16H14F3N3/c17-16(18,19)15-21-20-14-8-7-13(9-22(14)15)12-5-3-11(4-6-12)10-1-2-10/h3-5,7-10,12H,1-2,6H2. The highest BCUT2D eigenvalue weighted by Gasteiger charge is 2.37. The summed E-state index contributed by atoms with van der Waals surface area (Å²) in [4.78, 5) is 0. The van der Waals surface area contributed by atoms with Crippen molar-refractivity contribution in [3.8, 4) is 0 Å². The molecular formula is C16H14F3N3. The van der Waals surface area contributed by atoms with E-state index in [1.54, 1.807) is 6.07 Å². The van der Waals surface area contributed by atoms with Crippen LogP contribution in [0.25, 0.3) is 5.65 Å². The highest BCUT2D eigenvalue weighted by atomic mass is 19.4. The van der Waals surface area contributed by atoms with Crippen molar-refractivity contribution < 1.29 is 13.2 Å². The number of nitrogens with zero attached hydrogens (tertiary/aromatic N) is 3. The Balaban J connectivity index is 1.67. The van der Waals surface area contributed by atoms with Crippen molar-refractivity contribution in [2.24, 2.45) is 5.92 Å². The predicted octanol–water partition coefficient (Wildman–Crippen LogP) is 4.13. The Hall–Kier alpha value is -2.11. The number of hydrogen-bond acceptors (Lipinski definition) is 2. The molecule has 0 radical (unpaired) electrons. The Bertz CT molecular complexity index is 782. The number of hydrogen-bond donors (Lipinski definition) is 0. The Morgan fingerprint density at radius 1 is 1.14 bits per heavy atom. The highest BCUT2D eigenvalue weighted by Crippen LogP contribution is 2.40. The summed E-state index contributed by atoms with van der Waals surface area (Å²) >= 11 is 0. The van der Waals surface area contributed by atoms with Gasteiger partial charge in [0.25, 0.3) is 0 Å². The third-order valence-electron chi connectivity index (χ3n) is 4.28. The van der Waals surface area contributed by atoms with Crippen LogP contribution in [0.2, 0.25) is 0 Å². The van der Waals surface area contributed by atoms with Crippen molar-refractivity contribution in [2.75, 3.05) is 0 Å². The molecule has 2 aromatic rings. The molecule has 0 bridgehead atoms. The van der Waals surface area contributed by atoms with Gasteiger partial charge in [-0.15, -0.1) is 10.2 Å². The van der Waals surface area contributed by atoms with Crippen LogP contribution < -0.4 is 0 Å². The molecule has 22 heavy (non-hydrogen) atoms. The maximum absolute atomic E-state index is 12.9. The molecule has 0 aliphatic heterocycles. The molecule has 1 atom stereocenters. The number of halogens is 3. The van der Waals surface area contributed by atoms with Gasteiger partial charge in [0.05, 0.1) is 0 Å². The molecule has 1 fully saturated rings. The molecule has 2 heterocycles. The Labute approximate surface area is 125 Å². The van der Waals surface area contributed by atoms with Gasteiger partial charge in [-0.1, -0.05) is 24.3 Å². The maximum Gasteiger partial charge on any atom is 0.452 e. The average Bonchev–Trinajstić information content (AvgIpc) is 3.25. The van der Waals surface area contributed by atoms with Gasteiger partial charge in [0.15, 0.2) is 5.65 Å². The van der Waals surface area contributed by atoms with Crippen LogP contribution in [0, 0.1) is 5.92 Å². The minimum atomic E-state index is -4.50.